The number of amides is 1. The summed E-state index contributed by atoms with van der Waals surface area (Å²) >= 11 is 0. The molecule has 0 fully saturated rings. The standard InChI is InChI=1S/C19H17FN4O4/c1-12-22-24(15-5-3-14(20)4-6-15)19(26)23(12)10-18(25)21-9-13-2-7-16-17(8-13)28-11-27-16/h2-8H,9-11H2,1H3,(H,21,25). The van der Waals surface area contributed by atoms with Crippen LogP contribution in [0.5, 0.6) is 11.5 Å². The first-order chi connectivity index (χ1) is 13.5. The Labute approximate surface area is 159 Å². The number of nitrogens with one attached hydrogen (secondary N) is 1. The van der Waals surface area contributed by atoms with Crippen LogP contribution in [0.15, 0.2) is 47.3 Å². The highest BCUT2D eigenvalue weighted by molar-refractivity contribution is 5.75. The summed E-state index contributed by atoms with van der Waals surface area (Å²) in [6.45, 7) is 1.93. The number of rotatable bonds is 5. The second-order valence-electron chi connectivity index (χ2n) is 6.27. The van der Waals surface area contributed by atoms with Gasteiger partial charge in [-0.25, -0.2) is 9.18 Å². The van der Waals surface area contributed by atoms with Crippen molar-refractivity contribution in [2.24, 2.45) is 0 Å². The van der Waals surface area contributed by atoms with Crippen LogP contribution in [0.25, 0.3) is 5.69 Å². The molecule has 2 aromatic carbocycles. The number of aromatic nitrogens is 3. The zero-order valence-electron chi connectivity index (χ0n) is 15.0. The van der Waals surface area contributed by atoms with Gasteiger partial charge in [-0.1, -0.05) is 6.07 Å². The Morgan fingerprint density at radius 1 is 1.18 bits per heavy atom. The molecule has 0 spiro atoms. The van der Waals surface area contributed by atoms with E-state index in [0.29, 0.717) is 23.0 Å². The number of aryl methyl sites for hydroxylation is 1. The normalized spacial score (nSPS) is 12.2. The third kappa shape index (κ3) is 3.46. The van der Waals surface area contributed by atoms with Crippen molar-refractivity contribution in [3.8, 4) is 17.2 Å². The van der Waals surface area contributed by atoms with Gasteiger partial charge in [-0.15, -0.1) is 0 Å². The Bertz CT molecular complexity index is 1090. The minimum Gasteiger partial charge on any atom is -0.454 e. The van der Waals surface area contributed by atoms with Gasteiger partial charge in [0.05, 0.1) is 5.69 Å². The molecule has 0 unspecified atom stereocenters. The molecule has 1 amide bonds. The van der Waals surface area contributed by atoms with Gasteiger partial charge in [0.2, 0.25) is 12.7 Å². The van der Waals surface area contributed by atoms with Crippen LogP contribution < -0.4 is 20.5 Å². The van der Waals surface area contributed by atoms with Gasteiger partial charge in [0.1, 0.15) is 18.2 Å². The average Bonchev–Trinajstić information content (AvgIpc) is 3.26. The maximum Gasteiger partial charge on any atom is 0.351 e. The number of benzene rings is 2. The summed E-state index contributed by atoms with van der Waals surface area (Å²) < 4.78 is 26.0. The van der Waals surface area contributed by atoms with Gasteiger partial charge in [0.15, 0.2) is 11.5 Å². The quantitative estimate of drug-likeness (QED) is 0.721. The lowest BCUT2D eigenvalue weighted by Gasteiger charge is -2.07. The van der Waals surface area contributed by atoms with Gasteiger partial charge < -0.3 is 14.8 Å². The van der Waals surface area contributed by atoms with Crippen LogP contribution in [0, 0.1) is 12.7 Å². The van der Waals surface area contributed by atoms with Gasteiger partial charge >= 0.3 is 5.69 Å². The summed E-state index contributed by atoms with van der Waals surface area (Å²) in [4.78, 5) is 24.9. The van der Waals surface area contributed by atoms with Gasteiger partial charge in [-0.05, 0) is 48.9 Å². The molecule has 9 heteroatoms. The number of carbonyl (C=O) groups is 1. The predicted molar refractivity (Wildman–Crippen MR) is 96.9 cm³/mol. The number of carbonyl (C=O) groups excluding carboxylic acids is 1. The van der Waals surface area contributed by atoms with E-state index in [1.54, 1.807) is 19.1 Å². The highest BCUT2D eigenvalue weighted by atomic mass is 19.1. The number of ether oxygens (including phenoxy) is 2. The van der Waals surface area contributed by atoms with Crippen LogP contribution in [-0.2, 0) is 17.9 Å². The van der Waals surface area contributed by atoms with E-state index in [2.05, 4.69) is 10.4 Å². The summed E-state index contributed by atoms with van der Waals surface area (Å²) in [5.74, 6) is 0.953. The summed E-state index contributed by atoms with van der Waals surface area (Å²) in [5, 5.41) is 6.92. The lowest BCUT2D eigenvalue weighted by molar-refractivity contribution is -0.121. The first-order valence-corrected chi connectivity index (χ1v) is 8.59. The van der Waals surface area contributed by atoms with E-state index < -0.39 is 11.5 Å². The predicted octanol–water partition coefficient (Wildman–Crippen LogP) is 1.53. The molecule has 0 saturated heterocycles. The lowest BCUT2D eigenvalue weighted by atomic mass is 10.2. The molecular formula is C19H17FN4O4. The van der Waals surface area contributed by atoms with Crippen molar-refractivity contribution in [2.75, 3.05) is 6.79 Å². The largest absolute Gasteiger partial charge is 0.454 e. The van der Waals surface area contributed by atoms with E-state index >= 15 is 0 Å². The van der Waals surface area contributed by atoms with Crippen LogP contribution in [0.3, 0.4) is 0 Å². The molecule has 0 bridgehead atoms. The first kappa shape index (κ1) is 17.8. The van der Waals surface area contributed by atoms with Crippen LogP contribution in [0.1, 0.15) is 11.4 Å². The Morgan fingerprint density at radius 2 is 1.93 bits per heavy atom. The molecule has 3 aromatic rings. The molecule has 0 radical (unpaired) electrons. The SMILES string of the molecule is Cc1nn(-c2ccc(F)cc2)c(=O)n1CC(=O)NCc1ccc2c(c1)OCO2. The monoisotopic (exact) mass is 384 g/mol. The zero-order chi connectivity index (χ0) is 19.7. The van der Waals surface area contributed by atoms with E-state index in [0.717, 1.165) is 10.2 Å². The summed E-state index contributed by atoms with van der Waals surface area (Å²) in [6.07, 6.45) is 0. The molecule has 1 aromatic heterocycles. The van der Waals surface area contributed by atoms with Crippen LogP contribution in [-0.4, -0.2) is 27.0 Å². The summed E-state index contributed by atoms with van der Waals surface area (Å²) in [5.41, 5.74) is 0.806. The van der Waals surface area contributed by atoms with Gasteiger partial charge in [0, 0.05) is 6.54 Å². The minimum absolute atomic E-state index is 0.170. The molecule has 1 aliphatic heterocycles. The van der Waals surface area contributed by atoms with Gasteiger partial charge in [0.25, 0.3) is 0 Å². The number of hydrogen-bond donors (Lipinski definition) is 1. The third-order valence-corrected chi connectivity index (χ3v) is 4.35. The first-order valence-electron chi connectivity index (χ1n) is 8.59. The zero-order valence-corrected chi connectivity index (χ0v) is 15.0. The van der Waals surface area contributed by atoms with Crippen molar-refractivity contribution in [1.29, 1.82) is 0 Å². The second kappa shape index (κ2) is 7.18. The Kier molecular flexibility index (Phi) is 4.56. The van der Waals surface area contributed by atoms with Crippen LogP contribution >= 0.6 is 0 Å². The summed E-state index contributed by atoms with van der Waals surface area (Å²) in [7, 11) is 0. The van der Waals surface area contributed by atoms with Crippen molar-refractivity contribution in [3.05, 3.63) is 70.2 Å². The third-order valence-electron chi connectivity index (χ3n) is 4.35. The van der Waals surface area contributed by atoms with Gasteiger partial charge in [-0.2, -0.15) is 9.78 Å². The van der Waals surface area contributed by atoms with Crippen LogP contribution in [0.4, 0.5) is 4.39 Å². The van der Waals surface area contributed by atoms with E-state index in [1.807, 2.05) is 6.07 Å². The molecule has 28 heavy (non-hydrogen) atoms. The fraction of sp³-hybridized carbons (Fsp3) is 0.211. The van der Waals surface area contributed by atoms with E-state index in [4.69, 9.17) is 9.47 Å². The molecule has 0 saturated carbocycles. The highest BCUT2D eigenvalue weighted by Crippen LogP contribution is 2.32. The molecule has 0 atom stereocenters. The van der Waals surface area contributed by atoms with Crippen molar-refractivity contribution in [3.63, 3.8) is 0 Å². The van der Waals surface area contributed by atoms with Crippen molar-refractivity contribution in [2.45, 2.75) is 20.0 Å². The second-order valence-corrected chi connectivity index (χ2v) is 6.27. The maximum absolute atomic E-state index is 13.1. The van der Waals surface area contributed by atoms with Crippen molar-refractivity contribution < 1.29 is 18.7 Å². The Balaban J connectivity index is 1.44. The number of halogens is 1. The summed E-state index contributed by atoms with van der Waals surface area (Å²) in [6, 6.07) is 10.8. The topological polar surface area (TPSA) is 87.4 Å². The molecular weight excluding hydrogens is 367 g/mol. The maximum atomic E-state index is 13.1. The minimum atomic E-state index is -0.470. The van der Waals surface area contributed by atoms with E-state index in [-0.39, 0.29) is 25.8 Å². The van der Waals surface area contributed by atoms with E-state index in [1.165, 1.54) is 28.8 Å². The highest BCUT2D eigenvalue weighted by Gasteiger charge is 2.16. The number of hydrogen-bond acceptors (Lipinski definition) is 5. The molecule has 1 aliphatic rings. The fourth-order valence-electron chi connectivity index (χ4n) is 2.88. The molecule has 144 valence electrons. The molecule has 1 N–H and O–H groups in total. The smallest absolute Gasteiger partial charge is 0.351 e. The number of fused-ring (bicyclic) bond motifs is 1. The van der Waals surface area contributed by atoms with Crippen molar-refractivity contribution in [1.82, 2.24) is 19.7 Å². The van der Waals surface area contributed by atoms with E-state index in [9.17, 15) is 14.0 Å². The molecule has 2 heterocycles. The number of nitrogens with zero attached hydrogens (tertiary/aromatic N) is 3. The Hall–Kier alpha value is -3.62. The average molecular weight is 384 g/mol. The fourth-order valence-corrected chi connectivity index (χ4v) is 2.88. The van der Waals surface area contributed by atoms with Gasteiger partial charge in [-0.3, -0.25) is 9.36 Å². The van der Waals surface area contributed by atoms with Crippen LogP contribution in [0.2, 0.25) is 0 Å². The Morgan fingerprint density at radius 3 is 2.71 bits per heavy atom. The molecule has 4 rings (SSSR count). The molecule has 8 nitrogen and oxygen atoms in total. The molecule has 0 aliphatic carbocycles. The van der Waals surface area contributed by atoms with Crippen molar-refractivity contribution >= 4 is 5.91 Å². The lowest BCUT2D eigenvalue weighted by Crippen LogP contribution is -2.33.